The molecule has 1 aromatic heterocycles. The van der Waals surface area contributed by atoms with Gasteiger partial charge in [-0.2, -0.15) is 5.10 Å². The van der Waals surface area contributed by atoms with Crippen molar-refractivity contribution in [2.45, 2.75) is 47.1 Å². The van der Waals surface area contributed by atoms with Gasteiger partial charge < -0.3 is 15.4 Å². The normalized spacial score (nSPS) is 12.0. The summed E-state index contributed by atoms with van der Waals surface area (Å²) in [6, 6.07) is 7.53. The van der Waals surface area contributed by atoms with E-state index in [4.69, 9.17) is 4.74 Å². The molecular formula is C21H29BrN4O3. The molecule has 0 saturated carbocycles. The number of alkyl carbamates (subject to hydrolysis) is 1. The van der Waals surface area contributed by atoms with Gasteiger partial charge in [-0.25, -0.2) is 9.48 Å². The van der Waals surface area contributed by atoms with E-state index in [0.29, 0.717) is 30.3 Å². The molecule has 2 N–H and O–H groups in total. The van der Waals surface area contributed by atoms with Crippen LogP contribution in [0.25, 0.3) is 5.69 Å². The fourth-order valence-corrected chi connectivity index (χ4v) is 3.48. The number of nitrogens with one attached hydrogen (secondary N) is 2. The molecule has 158 valence electrons. The van der Waals surface area contributed by atoms with Crippen LogP contribution in [0.1, 0.15) is 48.9 Å². The van der Waals surface area contributed by atoms with Gasteiger partial charge in [0.1, 0.15) is 0 Å². The highest BCUT2D eigenvalue weighted by Gasteiger charge is 2.21. The zero-order chi connectivity index (χ0) is 21.6. The molecule has 0 aliphatic heterocycles. The Morgan fingerprint density at radius 3 is 2.45 bits per heavy atom. The van der Waals surface area contributed by atoms with Crippen LogP contribution in [0.2, 0.25) is 0 Å². The van der Waals surface area contributed by atoms with Gasteiger partial charge in [-0.05, 0) is 57.4 Å². The van der Waals surface area contributed by atoms with Crippen molar-refractivity contribution in [2.75, 3.05) is 13.2 Å². The lowest BCUT2D eigenvalue weighted by Crippen LogP contribution is -2.44. The van der Waals surface area contributed by atoms with Crippen LogP contribution in [-0.2, 0) is 4.74 Å². The van der Waals surface area contributed by atoms with Crippen LogP contribution in [0.4, 0.5) is 4.79 Å². The highest BCUT2D eigenvalue weighted by Crippen LogP contribution is 2.20. The third kappa shape index (κ3) is 6.32. The maximum atomic E-state index is 12.9. The summed E-state index contributed by atoms with van der Waals surface area (Å²) in [5.41, 5.74) is 2.85. The molecule has 0 bridgehead atoms. The maximum absolute atomic E-state index is 12.9. The number of hydrogen-bond acceptors (Lipinski definition) is 4. The number of hydrogen-bond donors (Lipinski definition) is 2. The quantitative estimate of drug-likeness (QED) is 0.614. The number of aromatic nitrogens is 2. The van der Waals surface area contributed by atoms with E-state index in [1.807, 2.05) is 38.1 Å². The van der Waals surface area contributed by atoms with Crippen LogP contribution in [0.15, 0.2) is 28.7 Å². The molecule has 29 heavy (non-hydrogen) atoms. The topological polar surface area (TPSA) is 85.2 Å². The van der Waals surface area contributed by atoms with Crippen molar-refractivity contribution in [3.05, 3.63) is 45.7 Å². The number of benzene rings is 1. The second-order valence-corrected chi connectivity index (χ2v) is 8.25. The third-order valence-electron chi connectivity index (χ3n) is 4.45. The van der Waals surface area contributed by atoms with Crippen molar-refractivity contribution in [2.24, 2.45) is 5.92 Å². The Morgan fingerprint density at radius 2 is 1.86 bits per heavy atom. The summed E-state index contributed by atoms with van der Waals surface area (Å²) in [5.74, 6) is 0.158. The summed E-state index contributed by atoms with van der Waals surface area (Å²) in [6.45, 7) is 10.2. The zero-order valence-electron chi connectivity index (χ0n) is 17.6. The zero-order valence-corrected chi connectivity index (χ0v) is 19.2. The molecule has 1 heterocycles. The molecule has 7 nitrogen and oxygen atoms in total. The predicted molar refractivity (Wildman–Crippen MR) is 116 cm³/mol. The van der Waals surface area contributed by atoms with E-state index in [-0.39, 0.29) is 11.9 Å². The highest BCUT2D eigenvalue weighted by molar-refractivity contribution is 9.10. The first-order chi connectivity index (χ1) is 13.7. The van der Waals surface area contributed by atoms with Crippen molar-refractivity contribution in [1.82, 2.24) is 20.4 Å². The molecule has 0 fully saturated rings. The van der Waals surface area contributed by atoms with Gasteiger partial charge in [-0.3, -0.25) is 4.79 Å². The summed E-state index contributed by atoms with van der Waals surface area (Å²) in [6.07, 6.45) is 0.262. The first-order valence-electron chi connectivity index (χ1n) is 9.76. The largest absolute Gasteiger partial charge is 0.450 e. The Balaban J connectivity index is 2.12. The lowest BCUT2D eigenvalue weighted by molar-refractivity contribution is 0.0943. The summed E-state index contributed by atoms with van der Waals surface area (Å²) in [5, 5.41) is 10.3. The smallest absolute Gasteiger partial charge is 0.407 e. The Bertz CT molecular complexity index is 846. The van der Waals surface area contributed by atoms with Crippen molar-refractivity contribution in [3.63, 3.8) is 0 Å². The SMILES string of the molecule is CCOC(=O)NC(CNC(=O)c1c(C)nn(-c2ccc(Br)cc2)c1C)CC(C)C. The molecule has 8 heteroatoms. The highest BCUT2D eigenvalue weighted by atomic mass is 79.9. The Hall–Kier alpha value is -2.35. The number of amides is 2. The molecular weight excluding hydrogens is 436 g/mol. The van der Waals surface area contributed by atoms with Gasteiger partial charge >= 0.3 is 6.09 Å². The van der Waals surface area contributed by atoms with E-state index in [0.717, 1.165) is 22.3 Å². The van der Waals surface area contributed by atoms with Gasteiger partial charge in [0.25, 0.3) is 5.91 Å². The maximum Gasteiger partial charge on any atom is 0.407 e. The van der Waals surface area contributed by atoms with Crippen molar-refractivity contribution >= 4 is 27.9 Å². The minimum atomic E-state index is -0.470. The van der Waals surface area contributed by atoms with Crippen LogP contribution in [0, 0.1) is 19.8 Å². The molecule has 1 aromatic carbocycles. The van der Waals surface area contributed by atoms with E-state index in [9.17, 15) is 9.59 Å². The molecule has 0 aliphatic rings. The molecule has 1 unspecified atom stereocenters. The second-order valence-electron chi connectivity index (χ2n) is 7.34. The average molecular weight is 465 g/mol. The molecule has 0 saturated heterocycles. The third-order valence-corrected chi connectivity index (χ3v) is 4.98. The standard InChI is InChI=1S/C21H29BrN4O3/c1-6-29-21(28)24-17(11-13(2)3)12-23-20(27)19-14(4)25-26(15(19)5)18-9-7-16(22)8-10-18/h7-10,13,17H,6,11-12H2,1-5H3,(H,23,27)(H,24,28). The van der Waals surface area contributed by atoms with Crippen molar-refractivity contribution in [1.29, 1.82) is 0 Å². The van der Waals surface area contributed by atoms with E-state index in [1.54, 1.807) is 11.6 Å². The first-order valence-corrected chi connectivity index (χ1v) is 10.6. The van der Waals surface area contributed by atoms with Crippen LogP contribution in [0.5, 0.6) is 0 Å². The summed E-state index contributed by atoms with van der Waals surface area (Å²) < 4.78 is 7.71. The molecule has 0 spiro atoms. The van der Waals surface area contributed by atoms with Gasteiger partial charge in [-0.15, -0.1) is 0 Å². The van der Waals surface area contributed by atoms with Gasteiger partial charge in [0.15, 0.2) is 0 Å². The van der Waals surface area contributed by atoms with E-state index in [2.05, 4.69) is 45.5 Å². The van der Waals surface area contributed by atoms with Crippen LogP contribution in [0.3, 0.4) is 0 Å². The van der Waals surface area contributed by atoms with E-state index >= 15 is 0 Å². The average Bonchev–Trinajstić information content (AvgIpc) is 2.94. The van der Waals surface area contributed by atoms with Crippen molar-refractivity contribution < 1.29 is 14.3 Å². The predicted octanol–water partition coefficient (Wildman–Crippen LogP) is 4.14. The first kappa shape index (κ1) is 22.9. The number of carbonyl (C=O) groups is 2. The summed E-state index contributed by atoms with van der Waals surface area (Å²) >= 11 is 3.42. The molecule has 2 amide bonds. The van der Waals surface area contributed by atoms with E-state index in [1.165, 1.54) is 0 Å². The number of aryl methyl sites for hydroxylation is 1. The summed E-state index contributed by atoms with van der Waals surface area (Å²) in [7, 11) is 0. The lowest BCUT2D eigenvalue weighted by Gasteiger charge is -2.20. The fourth-order valence-electron chi connectivity index (χ4n) is 3.21. The molecule has 1 atom stereocenters. The monoisotopic (exact) mass is 464 g/mol. The van der Waals surface area contributed by atoms with Gasteiger partial charge in [0.2, 0.25) is 0 Å². The lowest BCUT2D eigenvalue weighted by atomic mass is 10.0. The summed E-state index contributed by atoms with van der Waals surface area (Å²) in [4.78, 5) is 24.7. The van der Waals surface area contributed by atoms with Gasteiger partial charge in [-0.1, -0.05) is 29.8 Å². The molecule has 0 radical (unpaired) electrons. The van der Waals surface area contributed by atoms with Crippen LogP contribution < -0.4 is 10.6 Å². The Kier molecular flexibility index (Phi) is 8.25. The van der Waals surface area contributed by atoms with Crippen molar-refractivity contribution in [3.8, 4) is 5.69 Å². The number of rotatable bonds is 8. The Morgan fingerprint density at radius 1 is 1.21 bits per heavy atom. The minimum Gasteiger partial charge on any atom is -0.450 e. The molecule has 2 rings (SSSR count). The Labute approximate surface area is 180 Å². The number of ether oxygens (including phenoxy) is 1. The van der Waals surface area contributed by atoms with Gasteiger partial charge in [0, 0.05) is 17.1 Å². The number of carbonyl (C=O) groups excluding carboxylic acids is 2. The molecule has 0 aliphatic carbocycles. The van der Waals surface area contributed by atoms with Gasteiger partial charge in [0.05, 0.1) is 29.2 Å². The fraction of sp³-hybridized carbons (Fsp3) is 0.476. The molecule has 2 aromatic rings. The minimum absolute atomic E-state index is 0.206. The second kappa shape index (κ2) is 10.4. The number of halogens is 1. The van der Waals surface area contributed by atoms with Crippen LogP contribution in [-0.4, -0.2) is 41.0 Å². The number of nitrogens with zero attached hydrogens (tertiary/aromatic N) is 2. The van der Waals surface area contributed by atoms with Crippen LogP contribution >= 0.6 is 15.9 Å². The van der Waals surface area contributed by atoms with E-state index < -0.39 is 6.09 Å².